The minimum Gasteiger partial charge on any atom is -0.491 e. The number of carbonyl (C=O) groups is 2. The van der Waals surface area contributed by atoms with Gasteiger partial charge >= 0.3 is 12.1 Å². The molecule has 0 N–H and O–H groups in total. The lowest BCUT2D eigenvalue weighted by Gasteiger charge is -2.49. The first-order valence-electron chi connectivity index (χ1n) is 15.5. The number of urea groups is 2. The summed E-state index contributed by atoms with van der Waals surface area (Å²) in [6.07, 6.45) is 0. The highest BCUT2D eigenvalue weighted by Crippen LogP contribution is 2.65. The van der Waals surface area contributed by atoms with E-state index in [4.69, 9.17) is 14.2 Å². The fraction of sp³-hybridized carbons (Fsp3) is 0.278. The monoisotopic (exact) mass is 600 g/mol. The summed E-state index contributed by atoms with van der Waals surface area (Å²) in [5, 5.41) is 0. The topological polar surface area (TPSA) is 74.8 Å². The van der Waals surface area contributed by atoms with Crippen LogP contribution < -0.4 is 9.47 Å². The molecule has 2 saturated heterocycles. The highest BCUT2D eigenvalue weighted by Gasteiger charge is 2.80. The summed E-state index contributed by atoms with van der Waals surface area (Å²) in [6, 6.07) is 31.9. The van der Waals surface area contributed by atoms with Crippen molar-refractivity contribution in [3.63, 3.8) is 0 Å². The Morgan fingerprint density at radius 1 is 0.444 bits per heavy atom. The zero-order valence-corrected chi connectivity index (χ0v) is 24.7. The molecular weight excluding hydrogens is 568 g/mol. The van der Waals surface area contributed by atoms with E-state index in [1.54, 1.807) is 0 Å². The zero-order chi connectivity index (χ0) is 30.2. The summed E-state index contributed by atoms with van der Waals surface area (Å²) < 4.78 is 17.8. The van der Waals surface area contributed by atoms with E-state index in [1.165, 1.54) is 0 Å². The number of ether oxygens (including phenoxy) is 3. The van der Waals surface area contributed by atoms with Gasteiger partial charge in [-0.25, -0.2) is 9.59 Å². The van der Waals surface area contributed by atoms with Crippen LogP contribution in [0, 0.1) is 0 Å². The molecule has 0 unspecified atom stereocenters. The van der Waals surface area contributed by atoms with E-state index in [2.05, 4.69) is 24.3 Å². The molecule has 9 nitrogen and oxygen atoms in total. The predicted octanol–water partition coefficient (Wildman–Crippen LogP) is 5.38. The molecule has 2 fully saturated rings. The molecule has 4 aromatic carbocycles. The van der Waals surface area contributed by atoms with Crippen molar-refractivity contribution in [3.05, 3.63) is 130 Å². The number of fused-ring (bicyclic) bond motifs is 4. The highest BCUT2D eigenvalue weighted by atomic mass is 16.5. The van der Waals surface area contributed by atoms with Crippen molar-refractivity contribution in [2.75, 3.05) is 26.4 Å². The van der Waals surface area contributed by atoms with Gasteiger partial charge in [-0.15, -0.1) is 0 Å². The summed E-state index contributed by atoms with van der Waals surface area (Å²) in [4.78, 5) is 38.0. The molecule has 45 heavy (non-hydrogen) atoms. The van der Waals surface area contributed by atoms with Crippen LogP contribution in [0.25, 0.3) is 0 Å². The van der Waals surface area contributed by atoms with Gasteiger partial charge in [0.25, 0.3) is 0 Å². The molecule has 0 saturated carbocycles. The molecule has 11 rings (SSSR count). The predicted molar refractivity (Wildman–Crippen MR) is 164 cm³/mol. The number of hydrogen-bond donors (Lipinski definition) is 0. The van der Waals surface area contributed by atoms with E-state index in [9.17, 15) is 0 Å². The Bertz CT molecular complexity index is 1620. The summed E-state index contributed by atoms with van der Waals surface area (Å²) in [7, 11) is 0. The number of benzene rings is 4. The molecule has 0 atom stereocenters. The van der Waals surface area contributed by atoms with Crippen molar-refractivity contribution >= 4 is 12.1 Å². The van der Waals surface area contributed by atoms with Crippen molar-refractivity contribution in [1.82, 2.24) is 19.6 Å². The van der Waals surface area contributed by atoms with Gasteiger partial charge in [0.1, 0.15) is 24.7 Å². The van der Waals surface area contributed by atoms with Crippen LogP contribution in [0.5, 0.6) is 11.5 Å². The number of amides is 4. The Morgan fingerprint density at radius 3 is 1.11 bits per heavy atom. The fourth-order valence-corrected chi connectivity index (χ4v) is 8.16. The Balaban J connectivity index is 1.37. The van der Waals surface area contributed by atoms with E-state index < -0.39 is 11.3 Å². The Labute approximate surface area is 261 Å². The third-order valence-electron chi connectivity index (χ3n) is 10.0. The third-order valence-corrected chi connectivity index (χ3v) is 10.0. The first-order valence-corrected chi connectivity index (χ1v) is 15.5. The molecule has 7 heterocycles. The number of hydrogen-bond acceptors (Lipinski definition) is 5. The van der Waals surface area contributed by atoms with Crippen molar-refractivity contribution < 1.29 is 23.8 Å². The van der Waals surface area contributed by atoms with Gasteiger partial charge in [-0.05, 0) is 46.5 Å². The van der Waals surface area contributed by atoms with Gasteiger partial charge in [0.2, 0.25) is 0 Å². The lowest BCUT2D eigenvalue weighted by molar-refractivity contribution is -0.0793. The van der Waals surface area contributed by atoms with Gasteiger partial charge < -0.3 is 14.2 Å². The molecule has 4 aromatic rings. The smallest absolute Gasteiger partial charge is 0.325 e. The van der Waals surface area contributed by atoms with Crippen LogP contribution >= 0.6 is 0 Å². The van der Waals surface area contributed by atoms with Gasteiger partial charge in [0, 0.05) is 11.1 Å². The van der Waals surface area contributed by atoms with Gasteiger partial charge in [0.15, 0.2) is 11.3 Å². The second kappa shape index (κ2) is 9.74. The van der Waals surface area contributed by atoms with E-state index in [1.807, 2.05) is 92.4 Å². The van der Waals surface area contributed by atoms with Crippen LogP contribution in [-0.4, -0.2) is 58.1 Å². The lowest BCUT2D eigenvalue weighted by atomic mass is 9.79. The first kappa shape index (κ1) is 26.4. The molecule has 7 aliphatic heterocycles. The molecule has 9 heteroatoms. The number of nitrogens with zero attached hydrogens (tertiary/aromatic N) is 4. The molecule has 4 amide bonds. The van der Waals surface area contributed by atoms with Gasteiger partial charge in [-0.2, -0.15) is 0 Å². The second-order valence-corrected chi connectivity index (χ2v) is 12.1. The molecule has 0 aromatic heterocycles. The number of carbonyl (C=O) groups excluding carboxylic acids is 2. The summed E-state index contributed by atoms with van der Waals surface area (Å²) in [6.45, 7) is 3.12. The van der Waals surface area contributed by atoms with E-state index >= 15 is 9.59 Å². The minimum atomic E-state index is -1.19. The van der Waals surface area contributed by atoms with Gasteiger partial charge in [-0.3, -0.25) is 19.6 Å². The van der Waals surface area contributed by atoms with Crippen LogP contribution in [-0.2, 0) is 42.2 Å². The maximum absolute atomic E-state index is 15.1. The molecular formula is C36H32N4O5. The van der Waals surface area contributed by atoms with Crippen LogP contribution in [0.4, 0.5) is 9.59 Å². The third kappa shape index (κ3) is 3.47. The lowest BCUT2D eigenvalue weighted by Crippen LogP contribution is -2.62. The van der Waals surface area contributed by atoms with Crippen molar-refractivity contribution in [2.24, 2.45) is 0 Å². The fourth-order valence-electron chi connectivity index (χ4n) is 8.16. The highest BCUT2D eigenvalue weighted by molar-refractivity contribution is 5.90. The van der Waals surface area contributed by atoms with Crippen LogP contribution in [0.15, 0.2) is 97.1 Å². The maximum atomic E-state index is 15.1. The van der Waals surface area contributed by atoms with Crippen molar-refractivity contribution in [3.8, 4) is 11.5 Å². The minimum absolute atomic E-state index is 0.113. The van der Waals surface area contributed by atoms with Crippen molar-refractivity contribution in [1.29, 1.82) is 0 Å². The normalized spacial score (nSPS) is 25.0. The molecule has 0 aliphatic carbocycles. The van der Waals surface area contributed by atoms with Crippen LogP contribution in [0.1, 0.15) is 33.4 Å². The standard InChI is InChI=1S/C36H32N4O5/c41-33-37-21-25-5-1-2-6-26(25)22-38-34(42)40-24-28-8-4-3-7-27(28)23-39(33)36(40)30-11-15-32(16-12-30)45-20-18-43-17-19-44-31-13-9-29(10-14-31)35(36,37)38/h1-16H,17-24H2. The first-order chi connectivity index (χ1) is 22.1. The van der Waals surface area contributed by atoms with Crippen molar-refractivity contribution in [2.45, 2.75) is 37.5 Å². The van der Waals surface area contributed by atoms with Crippen LogP contribution in [0.3, 0.4) is 0 Å². The molecule has 7 aliphatic rings. The average Bonchev–Trinajstić information content (AvgIpc) is 3.24. The van der Waals surface area contributed by atoms with Gasteiger partial charge in [-0.1, -0.05) is 72.8 Å². The SMILES string of the molecule is O=C1N2Cc3ccccc3CN3C(=O)N4Cc5ccccc5CN1C41c4ccc(cc4)OCCOCCOc4ccc(cc4)C231. The van der Waals surface area contributed by atoms with E-state index in [0.717, 1.165) is 33.4 Å². The Hall–Kier alpha value is -5.02. The average molecular weight is 601 g/mol. The maximum Gasteiger partial charge on any atom is 0.325 e. The summed E-state index contributed by atoms with van der Waals surface area (Å²) >= 11 is 0. The Kier molecular flexibility index (Phi) is 5.71. The Morgan fingerprint density at radius 2 is 0.778 bits per heavy atom. The van der Waals surface area contributed by atoms with E-state index in [0.29, 0.717) is 64.1 Å². The molecule has 2 spiro atoms. The quantitative estimate of drug-likeness (QED) is 0.271. The molecule has 226 valence electrons. The van der Waals surface area contributed by atoms with Crippen LogP contribution in [0.2, 0.25) is 0 Å². The molecule has 4 bridgehead atoms. The summed E-state index contributed by atoms with van der Waals surface area (Å²) in [5.41, 5.74) is 3.45. The second-order valence-electron chi connectivity index (χ2n) is 12.1. The zero-order valence-electron chi connectivity index (χ0n) is 24.7. The summed E-state index contributed by atoms with van der Waals surface area (Å²) in [5.74, 6) is 1.40. The number of rotatable bonds is 0. The molecule has 0 radical (unpaired) electrons. The largest absolute Gasteiger partial charge is 0.491 e. The van der Waals surface area contributed by atoms with E-state index in [-0.39, 0.29) is 12.1 Å². The van der Waals surface area contributed by atoms with Gasteiger partial charge in [0.05, 0.1) is 39.4 Å².